The second-order valence-electron chi connectivity index (χ2n) is 7.35. The minimum absolute atomic E-state index is 0.0270. The zero-order chi connectivity index (χ0) is 17.5. The van der Waals surface area contributed by atoms with E-state index >= 15 is 0 Å². The number of hydrogen-bond acceptors (Lipinski definition) is 3. The SMILES string of the molecule is Cc1cc(C(=O)c2ccccc2)ccc1B1OC(C)(C)C(C)(C)O1. The first-order valence-corrected chi connectivity index (χ1v) is 8.27. The fourth-order valence-corrected chi connectivity index (χ4v) is 2.81. The van der Waals surface area contributed by atoms with Crippen molar-refractivity contribution in [2.75, 3.05) is 0 Å². The molecule has 0 saturated carbocycles. The Morgan fingerprint density at radius 3 is 2.00 bits per heavy atom. The zero-order valence-electron chi connectivity index (χ0n) is 14.9. The molecule has 2 aromatic rings. The predicted molar refractivity (Wildman–Crippen MR) is 96.8 cm³/mol. The molecular formula is C20H23BO3. The van der Waals surface area contributed by atoms with Crippen LogP contribution in [0.25, 0.3) is 0 Å². The minimum Gasteiger partial charge on any atom is -0.399 e. The van der Waals surface area contributed by atoms with E-state index in [1.807, 2.05) is 83.1 Å². The smallest absolute Gasteiger partial charge is 0.399 e. The number of hydrogen-bond donors (Lipinski definition) is 0. The first-order chi connectivity index (χ1) is 11.2. The van der Waals surface area contributed by atoms with Crippen molar-refractivity contribution in [1.29, 1.82) is 0 Å². The fraction of sp³-hybridized carbons (Fsp3) is 0.350. The standard InChI is InChI=1S/C20H23BO3/c1-14-13-16(18(22)15-9-7-6-8-10-15)11-12-17(14)21-23-19(2,3)20(4,5)24-21/h6-13H,1-5H3. The van der Waals surface area contributed by atoms with Crippen LogP contribution in [-0.4, -0.2) is 24.1 Å². The Morgan fingerprint density at radius 1 is 0.875 bits per heavy atom. The van der Waals surface area contributed by atoms with E-state index in [2.05, 4.69) is 0 Å². The summed E-state index contributed by atoms with van der Waals surface area (Å²) in [5, 5.41) is 0. The summed E-state index contributed by atoms with van der Waals surface area (Å²) in [6.45, 7) is 10.1. The molecule has 1 heterocycles. The average molecular weight is 322 g/mol. The monoisotopic (exact) mass is 322 g/mol. The maximum absolute atomic E-state index is 12.6. The number of rotatable bonds is 3. The van der Waals surface area contributed by atoms with Crippen LogP contribution >= 0.6 is 0 Å². The van der Waals surface area contributed by atoms with Crippen molar-refractivity contribution in [3.63, 3.8) is 0 Å². The van der Waals surface area contributed by atoms with Gasteiger partial charge in [0.1, 0.15) is 0 Å². The second-order valence-corrected chi connectivity index (χ2v) is 7.35. The fourth-order valence-electron chi connectivity index (χ4n) is 2.81. The molecule has 0 spiro atoms. The topological polar surface area (TPSA) is 35.5 Å². The minimum atomic E-state index is -0.407. The van der Waals surface area contributed by atoms with E-state index in [0.717, 1.165) is 11.0 Å². The van der Waals surface area contributed by atoms with Gasteiger partial charge in [-0.05, 0) is 46.1 Å². The molecule has 0 radical (unpaired) electrons. The summed E-state index contributed by atoms with van der Waals surface area (Å²) in [6, 6.07) is 15.0. The van der Waals surface area contributed by atoms with E-state index in [1.165, 1.54) is 0 Å². The highest BCUT2D eigenvalue weighted by Gasteiger charge is 2.52. The van der Waals surface area contributed by atoms with Crippen molar-refractivity contribution < 1.29 is 14.1 Å². The molecule has 0 amide bonds. The molecule has 3 rings (SSSR count). The van der Waals surface area contributed by atoms with Crippen LogP contribution in [0, 0.1) is 6.92 Å². The van der Waals surface area contributed by atoms with Gasteiger partial charge < -0.3 is 9.31 Å². The molecule has 3 nitrogen and oxygen atoms in total. The molecule has 124 valence electrons. The molecule has 1 aliphatic rings. The molecule has 0 aliphatic carbocycles. The van der Waals surface area contributed by atoms with E-state index in [-0.39, 0.29) is 17.0 Å². The van der Waals surface area contributed by atoms with Crippen molar-refractivity contribution in [3.8, 4) is 0 Å². The van der Waals surface area contributed by atoms with Crippen LogP contribution in [-0.2, 0) is 9.31 Å². The quantitative estimate of drug-likeness (QED) is 0.641. The van der Waals surface area contributed by atoms with Gasteiger partial charge in [-0.3, -0.25) is 4.79 Å². The Balaban J connectivity index is 1.88. The van der Waals surface area contributed by atoms with Crippen LogP contribution in [0.4, 0.5) is 0 Å². The van der Waals surface area contributed by atoms with Gasteiger partial charge in [0.05, 0.1) is 11.2 Å². The van der Waals surface area contributed by atoms with Gasteiger partial charge in [0.15, 0.2) is 5.78 Å². The van der Waals surface area contributed by atoms with Crippen molar-refractivity contribution >= 4 is 18.4 Å². The molecule has 0 atom stereocenters. The summed E-state index contributed by atoms with van der Waals surface area (Å²) in [5.74, 6) is 0.0270. The third kappa shape index (κ3) is 2.92. The molecule has 1 saturated heterocycles. The molecule has 1 fully saturated rings. The van der Waals surface area contributed by atoms with Gasteiger partial charge in [0.2, 0.25) is 0 Å². The van der Waals surface area contributed by atoms with Crippen LogP contribution in [0.15, 0.2) is 48.5 Å². The van der Waals surface area contributed by atoms with E-state index in [9.17, 15) is 4.79 Å². The highest BCUT2D eigenvalue weighted by atomic mass is 16.7. The van der Waals surface area contributed by atoms with Crippen molar-refractivity contribution in [3.05, 3.63) is 65.2 Å². The van der Waals surface area contributed by atoms with Gasteiger partial charge in [0.25, 0.3) is 0 Å². The Bertz CT molecular complexity index is 750. The molecular weight excluding hydrogens is 299 g/mol. The van der Waals surface area contributed by atoms with E-state index in [4.69, 9.17) is 9.31 Å². The van der Waals surface area contributed by atoms with Gasteiger partial charge in [-0.2, -0.15) is 0 Å². The number of benzene rings is 2. The van der Waals surface area contributed by atoms with Gasteiger partial charge >= 0.3 is 7.12 Å². The van der Waals surface area contributed by atoms with Crippen molar-refractivity contribution in [1.82, 2.24) is 0 Å². The summed E-state index contributed by atoms with van der Waals surface area (Å²) in [6.07, 6.45) is 0. The predicted octanol–water partition coefficient (Wildman–Crippen LogP) is 3.53. The summed E-state index contributed by atoms with van der Waals surface area (Å²) < 4.78 is 12.2. The lowest BCUT2D eigenvalue weighted by Gasteiger charge is -2.32. The maximum Gasteiger partial charge on any atom is 0.495 e. The largest absolute Gasteiger partial charge is 0.495 e. The van der Waals surface area contributed by atoms with Crippen LogP contribution < -0.4 is 5.46 Å². The Morgan fingerprint density at radius 2 is 1.46 bits per heavy atom. The third-order valence-corrected chi connectivity index (χ3v) is 5.08. The Labute approximate surface area is 144 Å². The molecule has 0 bridgehead atoms. The molecule has 24 heavy (non-hydrogen) atoms. The van der Waals surface area contributed by atoms with Crippen molar-refractivity contribution in [2.45, 2.75) is 45.8 Å². The number of ketones is 1. The number of aryl methyl sites for hydroxylation is 1. The lowest BCUT2D eigenvalue weighted by Crippen LogP contribution is -2.41. The van der Waals surface area contributed by atoms with Crippen LogP contribution in [0.5, 0.6) is 0 Å². The Kier molecular flexibility index (Phi) is 4.14. The maximum atomic E-state index is 12.6. The molecule has 0 unspecified atom stereocenters. The van der Waals surface area contributed by atoms with Crippen LogP contribution in [0.1, 0.15) is 49.2 Å². The van der Waals surface area contributed by atoms with Gasteiger partial charge in [-0.15, -0.1) is 0 Å². The van der Waals surface area contributed by atoms with E-state index in [1.54, 1.807) is 0 Å². The van der Waals surface area contributed by atoms with E-state index < -0.39 is 7.12 Å². The van der Waals surface area contributed by atoms with E-state index in [0.29, 0.717) is 11.1 Å². The third-order valence-electron chi connectivity index (χ3n) is 5.08. The van der Waals surface area contributed by atoms with Crippen LogP contribution in [0.2, 0.25) is 0 Å². The molecule has 0 N–H and O–H groups in total. The van der Waals surface area contributed by atoms with Gasteiger partial charge in [-0.1, -0.05) is 48.0 Å². The highest BCUT2D eigenvalue weighted by Crippen LogP contribution is 2.36. The van der Waals surface area contributed by atoms with Crippen LogP contribution in [0.3, 0.4) is 0 Å². The normalized spacial score (nSPS) is 18.6. The molecule has 4 heteroatoms. The lowest BCUT2D eigenvalue weighted by molar-refractivity contribution is 0.00578. The second kappa shape index (κ2) is 5.87. The summed E-state index contributed by atoms with van der Waals surface area (Å²) in [4.78, 5) is 12.6. The summed E-state index contributed by atoms with van der Waals surface area (Å²) in [7, 11) is -0.407. The van der Waals surface area contributed by atoms with Gasteiger partial charge in [0, 0.05) is 11.1 Å². The summed E-state index contributed by atoms with van der Waals surface area (Å²) in [5.41, 5.74) is 2.60. The molecule has 0 aromatic heterocycles. The summed E-state index contributed by atoms with van der Waals surface area (Å²) >= 11 is 0. The number of carbonyl (C=O) groups excluding carboxylic acids is 1. The lowest BCUT2D eigenvalue weighted by atomic mass is 9.75. The first-order valence-electron chi connectivity index (χ1n) is 8.27. The highest BCUT2D eigenvalue weighted by molar-refractivity contribution is 6.62. The molecule has 1 aliphatic heterocycles. The van der Waals surface area contributed by atoms with Gasteiger partial charge in [-0.25, -0.2) is 0 Å². The first kappa shape index (κ1) is 16.9. The van der Waals surface area contributed by atoms with Crippen molar-refractivity contribution in [2.24, 2.45) is 0 Å². The Hall–Kier alpha value is -1.91. The number of carbonyl (C=O) groups is 1. The zero-order valence-corrected chi connectivity index (χ0v) is 14.9. The average Bonchev–Trinajstić information content (AvgIpc) is 2.75. The molecule has 2 aromatic carbocycles.